The molecule has 0 aromatic heterocycles. The van der Waals surface area contributed by atoms with Crippen molar-refractivity contribution in [2.24, 2.45) is 0 Å². The first-order valence-corrected chi connectivity index (χ1v) is 11.1. The van der Waals surface area contributed by atoms with E-state index in [0.717, 1.165) is 6.07 Å². The van der Waals surface area contributed by atoms with Gasteiger partial charge in [-0.15, -0.1) is 4.33 Å². The highest BCUT2D eigenvalue weighted by molar-refractivity contribution is 7.94. The molecule has 29 heavy (non-hydrogen) atoms. The van der Waals surface area contributed by atoms with E-state index in [0.29, 0.717) is 18.1 Å². The normalized spacial score (nSPS) is 13.1. The van der Waals surface area contributed by atoms with E-state index in [4.69, 9.17) is 5.26 Å². The maximum Gasteiger partial charge on any atom is 0.125 e. The van der Waals surface area contributed by atoms with Crippen LogP contribution in [0.4, 0.5) is 0 Å². The van der Waals surface area contributed by atoms with Crippen molar-refractivity contribution < 1.29 is 45.7 Å². The Morgan fingerprint density at radius 3 is 1.83 bits per heavy atom. The van der Waals surface area contributed by atoms with E-state index in [1.54, 1.807) is 0 Å². The van der Waals surface area contributed by atoms with E-state index in [9.17, 15) is 31.0 Å². The molecule has 0 bridgehead atoms. The lowest BCUT2D eigenvalue weighted by Crippen LogP contribution is -2.05. The zero-order chi connectivity index (χ0) is 21.1. The second-order valence-electron chi connectivity index (χ2n) is 5.95. The fraction of sp³-hybridized carbons (Fsp3) is 0. The van der Waals surface area contributed by atoms with Crippen LogP contribution >= 0.6 is 12.0 Å². The molecule has 0 fully saturated rings. The molecule has 0 radical (unpaired) electrons. The molecular formula is C16H7O10S3-3. The molecule has 13 heteroatoms. The molecule has 4 aromatic rings. The van der Waals surface area contributed by atoms with Crippen LogP contribution in [0.1, 0.15) is 0 Å². The Balaban J connectivity index is 2.32. The van der Waals surface area contributed by atoms with Crippen LogP contribution in [0.5, 0.6) is 5.75 Å². The molecule has 0 aliphatic rings. The lowest BCUT2D eigenvalue weighted by Gasteiger charge is -2.22. The van der Waals surface area contributed by atoms with E-state index in [1.165, 1.54) is 24.3 Å². The van der Waals surface area contributed by atoms with Crippen LogP contribution in [0, 0.1) is 0 Å². The average molecular weight is 455 g/mol. The molecule has 0 saturated carbocycles. The van der Waals surface area contributed by atoms with Gasteiger partial charge in [0.15, 0.2) is 0 Å². The zero-order valence-corrected chi connectivity index (χ0v) is 16.3. The highest BCUT2D eigenvalue weighted by Gasteiger charge is 2.21. The quantitative estimate of drug-likeness (QED) is 0.153. The van der Waals surface area contributed by atoms with Crippen molar-refractivity contribution in [1.29, 1.82) is 0 Å². The summed E-state index contributed by atoms with van der Waals surface area (Å²) in [4.78, 5) is -1.39. The Morgan fingerprint density at radius 1 is 0.793 bits per heavy atom. The van der Waals surface area contributed by atoms with Crippen molar-refractivity contribution in [1.82, 2.24) is 0 Å². The van der Waals surface area contributed by atoms with Gasteiger partial charge in [-0.25, -0.2) is 22.1 Å². The summed E-state index contributed by atoms with van der Waals surface area (Å²) in [6.07, 6.45) is 0. The standard InChI is InChI=1S/C16H10O10S3/c17-11-5-13(28(19,20)21)9-3-4-10-14(29(22,23)24)6-12(27-26-25-18)8-2-1-7(11)15(9)16(8)10/h1-6,17-18H,(H,19,20,21)(H,22,23,24)/p-3. The second-order valence-corrected chi connectivity index (χ2v) is 9.39. The number of hydrogen-bond donors (Lipinski definition) is 1. The molecular weight excluding hydrogens is 448 g/mol. The molecule has 0 spiro atoms. The lowest BCUT2D eigenvalue weighted by molar-refractivity contribution is -0.432. The highest BCUT2D eigenvalue weighted by atomic mass is 32.2. The molecule has 0 aliphatic carbocycles. The minimum Gasteiger partial charge on any atom is -0.872 e. The Hall–Kier alpha value is -2.23. The second kappa shape index (κ2) is 6.65. The predicted octanol–water partition coefficient (Wildman–Crippen LogP) is 1.89. The highest BCUT2D eigenvalue weighted by Crippen LogP contribution is 2.45. The summed E-state index contributed by atoms with van der Waals surface area (Å²) in [5.74, 6) is -0.763. The Labute approximate surface area is 167 Å². The molecule has 1 N–H and O–H groups in total. The molecule has 0 unspecified atom stereocenters. The van der Waals surface area contributed by atoms with E-state index < -0.39 is 35.8 Å². The molecule has 10 nitrogen and oxygen atoms in total. The smallest absolute Gasteiger partial charge is 0.125 e. The summed E-state index contributed by atoms with van der Waals surface area (Å²) in [6.45, 7) is 0. The van der Waals surface area contributed by atoms with Crippen molar-refractivity contribution in [3.8, 4) is 5.75 Å². The average Bonchev–Trinajstić information content (AvgIpc) is 2.63. The van der Waals surface area contributed by atoms with Gasteiger partial charge in [-0.1, -0.05) is 41.1 Å². The largest absolute Gasteiger partial charge is 0.872 e. The Morgan fingerprint density at radius 2 is 1.28 bits per heavy atom. The first kappa shape index (κ1) is 20.1. The Kier molecular flexibility index (Phi) is 4.60. The maximum atomic E-state index is 12.4. The topological polar surface area (TPSA) is 176 Å². The first-order chi connectivity index (χ1) is 13.5. The molecule has 0 aliphatic heterocycles. The summed E-state index contributed by atoms with van der Waals surface area (Å²) >= 11 is 0.384. The fourth-order valence-corrected chi connectivity index (χ4v) is 5.40. The third kappa shape index (κ3) is 3.17. The van der Waals surface area contributed by atoms with Crippen LogP contribution in [0.25, 0.3) is 32.3 Å². The monoisotopic (exact) mass is 455 g/mol. The molecule has 4 aromatic carbocycles. The molecule has 0 atom stereocenters. The van der Waals surface area contributed by atoms with Gasteiger partial charge in [-0.2, -0.15) is 0 Å². The number of benzene rings is 4. The summed E-state index contributed by atoms with van der Waals surface area (Å²) in [5.41, 5.74) is 0. The summed E-state index contributed by atoms with van der Waals surface area (Å²) in [6, 6.07) is 6.85. The zero-order valence-electron chi connectivity index (χ0n) is 13.8. The number of hydrogen-bond acceptors (Lipinski definition) is 11. The van der Waals surface area contributed by atoms with Gasteiger partial charge in [0.05, 0.1) is 21.8 Å². The van der Waals surface area contributed by atoms with Crippen LogP contribution in [0.3, 0.4) is 0 Å². The SMILES string of the molecule is O=S(=O)([O-])c1cc([O-])c2ccc3c(SOOO)cc(S(=O)(=O)[O-])c4ccc1c2c34. The van der Waals surface area contributed by atoms with Crippen molar-refractivity contribution in [2.45, 2.75) is 14.7 Å². The van der Waals surface area contributed by atoms with Crippen LogP contribution in [-0.4, -0.2) is 31.2 Å². The third-order valence-corrected chi connectivity index (χ3v) is 6.84. The summed E-state index contributed by atoms with van der Waals surface area (Å²) < 4.78 is 74.7. The molecule has 0 amide bonds. The van der Waals surface area contributed by atoms with Gasteiger partial charge in [0.25, 0.3) is 0 Å². The third-order valence-electron chi connectivity index (χ3n) is 4.44. The van der Waals surface area contributed by atoms with E-state index in [1.807, 2.05) is 0 Å². The minimum atomic E-state index is -5.03. The molecule has 0 heterocycles. The van der Waals surface area contributed by atoms with Gasteiger partial charge in [0.2, 0.25) is 0 Å². The maximum absolute atomic E-state index is 12.4. The van der Waals surface area contributed by atoms with Crippen molar-refractivity contribution in [2.75, 3.05) is 0 Å². The van der Waals surface area contributed by atoms with Gasteiger partial charge in [-0.05, 0) is 27.6 Å². The van der Waals surface area contributed by atoms with Gasteiger partial charge < -0.3 is 14.2 Å². The van der Waals surface area contributed by atoms with Crippen molar-refractivity contribution >= 4 is 64.6 Å². The van der Waals surface area contributed by atoms with Crippen LogP contribution < -0.4 is 5.11 Å². The molecule has 4 rings (SSSR count). The van der Waals surface area contributed by atoms with Crippen molar-refractivity contribution in [3.63, 3.8) is 0 Å². The van der Waals surface area contributed by atoms with Gasteiger partial charge in [0.1, 0.15) is 20.2 Å². The van der Waals surface area contributed by atoms with E-state index >= 15 is 0 Å². The Bertz CT molecular complexity index is 1490. The molecule has 152 valence electrons. The van der Waals surface area contributed by atoms with E-state index in [-0.39, 0.29) is 37.2 Å². The fourth-order valence-electron chi connectivity index (χ4n) is 3.40. The lowest BCUT2D eigenvalue weighted by atomic mass is 9.94. The van der Waals surface area contributed by atoms with Crippen LogP contribution in [0.15, 0.2) is 51.1 Å². The summed E-state index contributed by atoms with van der Waals surface area (Å²) in [7, 11) is -10.0. The first-order valence-electron chi connectivity index (χ1n) is 7.56. The van der Waals surface area contributed by atoms with Gasteiger partial charge in [0, 0.05) is 15.7 Å². The van der Waals surface area contributed by atoms with Crippen molar-refractivity contribution in [3.05, 3.63) is 36.4 Å². The van der Waals surface area contributed by atoms with E-state index in [2.05, 4.69) is 9.37 Å². The minimum absolute atomic E-state index is 0.0131. The molecule has 0 saturated heterocycles. The number of rotatable bonds is 5. The van der Waals surface area contributed by atoms with Crippen LogP contribution in [-0.2, 0) is 29.6 Å². The van der Waals surface area contributed by atoms with Gasteiger partial charge in [-0.3, -0.25) is 0 Å². The van der Waals surface area contributed by atoms with Gasteiger partial charge >= 0.3 is 0 Å². The van der Waals surface area contributed by atoms with Crippen LogP contribution in [0.2, 0.25) is 0 Å². The predicted molar refractivity (Wildman–Crippen MR) is 96.2 cm³/mol. The summed E-state index contributed by atoms with van der Waals surface area (Å²) in [5, 5.41) is 24.6.